The Morgan fingerprint density at radius 1 is 1.08 bits per heavy atom. The number of rotatable bonds is 4. The van der Waals surface area contributed by atoms with Crippen LogP contribution in [0.4, 0.5) is 5.69 Å². The highest BCUT2D eigenvalue weighted by molar-refractivity contribution is 7.21. The first-order chi connectivity index (χ1) is 12.2. The van der Waals surface area contributed by atoms with Crippen molar-refractivity contribution in [2.45, 2.75) is 19.8 Å². The van der Waals surface area contributed by atoms with Gasteiger partial charge in [-0.3, -0.25) is 4.79 Å². The molecule has 0 aliphatic carbocycles. The molecule has 124 valence electrons. The van der Waals surface area contributed by atoms with Gasteiger partial charge in [-0.1, -0.05) is 49.7 Å². The number of carbonyl (C=O) groups excluding carboxylic acids is 1. The summed E-state index contributed by atoms with van der Waals surface area (Å²) in [5.74, 6) is -0.0386. The number of carbonyl (C=O) groups is 1. The highest BCUT2D eigenvalue weighted by Crippen LogP contribution is 2.34. The molecule has 0 fully saturated rings. The van der Waals surface area contributed by atoms with Crippen molar-refractivity contribution in [1.82, 2.24) is 4.98 Å². The van der Waals surface area contributed by atoms with Crippen LogP contribution in [0.5, 0.6) is 0 Å². The fourth-order valence-corrected chi connectivity index (χ4v) is 4.14. The van der Waals surface area contributed by atoms with Gasteiger partial charge in [-0.2, -0.15) is 0 Å². The number of ketones is 1. The van der Waals surface area contributed by atoms with Crippen molar-refractivity contribution in [3.8, 4) is 0 Å². The number of anilines is 1. The third-order valence-corrected chi connectivity index (χ3v) is 5.49. The molecule has 25 heavy (non-hydrogen) atoms. The number of nitrogen functional groups attached to an aromatic ring is 1. The summed E-state index contributed by atoms with van der Waals surface area (Å²) in [6.45, 7) is 2.13. The van der Waals surface area contributed by atoms with Crippen molar-refractivity contribution in [2.24, 2.45) is 0 Å². The predicted octanol–water partition coefficient (Wildman–Crippen LogP) is 5.22. The highest BCUT2D eigenvalue weighted by Gasteiger charge is 2.19. The first-order valence-corrected chi connectivity index (χ1v) is 9.20. The van der Waals surface area contributed by atoms with Gasteiger partial charge in [-0.05, 0) is 35.4 Å². The molecule has 0 aliphatic rings. The lowest BCUT2D eigenvalue weighted by Gasteiger charge is -2.03. The quantitative estimate of drug-likeness (QED) is 0.516. The molecule has 4 rings (SSSR count). The zero-order valence-electron chi connectivity index (χ0n) is 14.0. The van der Waals surface area contributed by atoms with E-state index in [0.29, 0.717) is 16.1 Å². The Bertz CT molecular complexity index is 1100. The van der Waals surface area contributed by atoms with Crippen LogP contribution in [0.1, 0.15) is 34.3 Å². The molecule has 2 aromatic carbocycles. The number of pyridine rings is 1. The number of benzene rings is 2. The summed E-state index contributed by atoms with van der Waals surface area (Å²) < 4.78 is 0. The zero-order valence-corrected chi connectivity index (χ0v) is 14.8. The van der Waals surface area contributed by atoms with E-state index < -0.39 is 0 Å². The lowest BCUT2D eigenvalue weighted by Crippen LogP contribution is -2.02. The standard InChI is InChI=1S/C21H18N2OS/c1-2-5-16-10-11-17-18(22)20(25-21(17)23-16)19(24)15-9-8-13-6-3-4-7-14(13)12-15/h3-4,6-12H,2,5,22H2,1H3. The normalized spacial score (nSPS) is 11.2. The Labute approximate surface area is 150 Å². The lowest BCUT2D eigenvalue weighted by atomic mass is 10.0. The van der Waals surface area contributed by atoms with Crippen molar-refractivity contribution >= 4 is 43.8 Å². The molecule has 4 heteroatoms. The third kappa shape index (κ3) is 2.79. The van der Waals surface area contributed by atoms with Crippen LogP contribution in [0.25, 0.3) is 21.0 Å². The summed E-state index contributed by atoms with van der Waals surface area (Å²) in [6, 6.07) is 17.8. The Hall–Kier alpha value is -2.72. The fraction of sp³-hybridized carbons (Fsp3) is 0.143. The van der Waals surface area contributed by atoms with Gasteiger partial charge in [0.1, 0.15) is 9.71 Å². The summed E-state index contributed by atoms with van der Waals surface area (Å²) in [5.41, 5.74) is 8.50. The molecular formula is C21H18N2OS. The molecule has 0 radical (unpaired) electrons. The first-order valence-electron chi connectivity index (χ1n) is 8.38. The van der Waals surface area contributed by atoms with Crippen LogP contribution in [0.15, 0.2) is 54.6 Å². The van der Waals surface area contributed by atoms with Crippen molar-refractivity contribution in [2.75, 3.05) is 5.73 Å². The Morgan fingerprint density at radius 2 is 1.88 bits per heavy atom. The average Bonchev–Trinajstić information content (AvgIpc) is 2.97. The summed E-state index contributed by atoms with van der Waals surface area (Å²) in [7, 11) is 0. The van der Waals surface area contributed by atoms with Crippen LogP contribution in [-0.2, 0) is 6.42 Å². The number of aryl methyl sites for hydroxylation is 1. The molecule has 2 aromatic heterocycles. The van der Waals surface area contributed by atoms with Crippen molar-refractivity contribution in [3.05, 3.63) is 70.7 Å². The molecule has 0 aliphatic heterocycles. The molecule has 0 spiro atoms. The Balaban J connectivity index is 1.79. The number of thiophene rings is 1. The van der Waals surface area contributed by atoms with Crippen molar-refractivity contribution in [3.63, 3.8) is 0 Å². The maximum Gasteiger partial charge on any atom is 0.205 e. The second-order valence-corrected chi connectivity index (χ2v) is 7.14. The number of aromatic nitrogens is 1. The minimum Gasteiger partial charge on any atom is -0.397 e. The van der Waals surface area contributed by atoms with Crippen LogP contribution in [0.2, 0.25) is 0 Å². The van der Waals surface area contributed by atoms with Gasteiger partial charge in [0.05, 0.1) is 5.69 Å². The second kappa shape index (κ2) is 6.30. The summed E-state index contributed by atoms with van der Waals surface area (Å²) in [5, 5.41) is 3.04. The smallest absolute Gasteiger partial charge is 0.205 e. The number of hydrogen-bond acceptors (Lipinski definition) is 4. The van der Waals surface area contributed by atoms with E-state index in [1.165, 1.54) is 11.3 Å². The molecule has 0 amide bonds. The average molecular weight is 346 g/mol. The molecule has 4 aromatic rings. The molecule has 0 saturated heterocycles. The van der Waals surface area contributed by atoms with E-state index in [4.69, 9.17) is 5.73 Å². The molecule has 2 N–H and O–H groups in total. The zero-order chi connectivity index (χ0) is 17.4. The van der Waals surface area contributed by atoms with Crippen LogP contribution >= 0.6 is 11.3 Å². The van der Waals surface area contributed by atoms with Gasteiger partial charge in [-0.15, -0.1) is 11.3 Å². The molecular weight excluding hydrogens is 328 g/mol. The highest BCUT2D eigenvalue weighted by atomic mass is 32.1. The summed E-state index contributed by atoms with van der Waals surface area (Å²) in [4.78, 5) is 19.1. The second-order valence-electron chi connectivity index (χ2n) is 6.14. The molecule has 0 bridgehead atoms. The Kier molecular flexibility index (Phi) is 3.98. The van der Waals surface area contributed by atoms with Crippen LogP contribution in [0, 0.1) is 0 Å². The maximum absolute atomic E-state index is 13.0. The van der Waals surface area contributed by atoms with Gasteiger partial charge >= 0.3 is 0 Å². The topological polar surface area (TPSA) is 56.0 Å². The van der Waals surface area contributed by atoms with Gasteiger partial charge in [0.15, 0.2) is 0 Å². The van der Waals surface area contributed by atoms with Crippen molar-refractivity contribution in [1.29, 1.82) is 0 Å². The molecule has 0 atom stereocenters. The van der Waals surface area contributed by atoms with E-state index >= 15 is 0 Å². The van der Waals surface area contributed by atoms with E-state index in [1.54, 1.807) is 0 Å². The van der Waals surface area contributed by atoms with E-state index in [-0.39, 0.29) is 5.78 Å². The molecule has 2 heterocycles. The van der Waals surface area contributed by atoms with E-state index in [1.807, 2.05) is 54.6 Å². The summed E-state index contributed by atoms with van der Waals surface area (Å²) >= 11 is 1.39. The SMILES string of the molecule is CCCc1ccc2c(N)c(C(=O)c3ccc4ccccc4c3)sc2n1. The van der Waals surface area contributed by atoms with E-state index in [2.05, 4.69) is 11.9 Å². The Morgan fingerprint density at radius 3 is 2.68 bits per heavy atom. The van der Waals surface area contributed by atoms with Gasteiger partial charge in [-0.25, -0.2) is 4.98 Å². The van der Waals surface area contributed by atoms with Gasteiger partial charge in [0, 0.05) is 16.6 Å². The van der Waals surface area contributed by atoms with Gasteiger partial charge in [0.2, 0.25) is 5.78 Å². The number of nitrogens with two attached hydrogens (primary N) is 1. The molecule has 0 saturated carbocycles. The van der Waals surface area contributed by atoms with E-state index in [9.17, 15) is 4.79 Å². The molecule has 3 nitrogen and oxygen atoms in total. The lowest BCUT2D eigenvalue weighted by molar-refractivity contribution is 0.104. The fourth-order valence-electron chi connectivity index (χ4n) is 3.06. The molecule has 0 unspecified atom stereocenters. The minimum atomic E-state index is -0.0386. The maximum atomic E-state index is 13.0. The van der Waals surface area contributed by atoms with Crippen LogP contribution in [-0.4, -0.2) is 10.8 Å². The van der Waals surface area contributed by atoms with Gasteiger partial charge in [0.25, 0.3) is 0 Å². The number of hydrogen-bond donors (Lipinski definition) is 1. The monoisotopic (exact) mass is 346 g/mol. The van der Waals surface area contributed by atoms with Crippen LogP contribution < -0.4 is 5.73 Å². The van der Waals surface area contributed by atoms with E-state index in [0.717, 1.165) is 39.5 Å². The number of fused-ring (bicyclic) bond motifs is 2. The minimum absolute atomic E-state index is 0.0386. The van der Waals surface area contributed by atoms with Crippen LogP contribution in [0.3, 0.4) is 0 Å². The predicted molar refractivity (Wildman–Crippen MR) is 105 cm³/mol. The van der Waals surface area contributed by atoms with Gasteiger partial charge < -0.3 is 5.73 Å². The number of nitrogens with zero attached hydrogens (tertiary/aromatic N) is 1. The largest absolute Gasteiger partial charge is 0.397 e. The third-order valence-electron chi connectivity index (χ3n) is 4.38. The summed E-state index contributed by atoms with van der Waals surface area (Å²) in [6.07, 6.45) is 1.98. The van der Waals surface area contributed by atoms with Crippen molar-refractivity contribution < 1.29 is 4.79 Å². The first kappa shape index (κ1) is 15.8.